The van der Waals surface area contributed by atoms with Crippen LogP contribution in [0, 0.1) is 11.3 Å². The van der Waals surface area contributed by atoms with E-state index < -0.39 is 0 Å². The Labute approximate surface area is 140 Å². The average Bonchev–Trinajstić information content (AvgIpc) is 2.57. The third-order valence-corrected chi connectivity index (χ3v) is 3.80. The Morgan fingerprint density at radius 1 is 1.33 bits per heavy atom. The number of urea groups is 1. The topological polar surface area (TPSA) is 78.1 Å². The molecule has 0 aliphatic carbocycles. The van der Waals surface area contributed by atoms with Gasteiger partial charge in [-0.25, -0.2) is 4.79 Å². The molecule has 1 aromatic heterocycles. The van der Waals surface area contributed by atoms with Crippen LogP contribution in [0.5, 0.6) is 0 Å². The van der Waals surface area contributed by atoms with Crippen LogP contribution < -0.4 is 10.9 Å². The summed E-state index contributed by atoms with van der Waals surface area (Å²) in [5.41, 5.74) is 1.49. The molecule has 6 nitrogen and oxygen atoms in total. The number of amides is 2. The molecule has 0 unspecified atom stereocenters. The van der Waals surface area contributed by atoms with Gasteiger partial charge in [-0.05, 0) is 30.7 Å². The fourth-order valence-corrected chi connectivity index (χ4v) is 2.22. The molecule has 0 bridgehead atoms. The van der Waals surface area contributed by atoms with E-state index in [0.717, 1.165) is 5.56 Å². The maximum absolute atomic E-state index is 12.2. The van der Waals surface area contributed by atoms with E-state index in [1.54, 1.807) is 36.0 Å². The fraction of sp³-hybridized carbons (Fsp3) is 0.278. The van der Waals surface area contributed by atoms with Crippen LogP contribution in [0.4, 0.5) is 10.5 Å². The zero-order valence-corrected chi connectivity index (χ0v) is 13.8. The zero-order valence-electron chi connectivity index (χ0n) is 13.8. The van der Waals surface area contributed by atoms with E-state index in [-0.39, 0.29) is 24.1 Å². The number of nitrogens with zero attached hydrogens (tertiary/aromatic N) is 3. The first-order valence-corrected chi connectivity index (χ1v) is 7.66. The first-order valence-electron chi connectivity index (χ1n) is 7.66. The predicted molar refractivity (Wildman–Crippen MR) is 92.7 cm³/mol. The van der Waals surface area contributed by atoms with Gasteiger partial charge in [0.15, 0.2) is 0 Å². The summed E-state index contributed by atoms with van der Waals surface area (Å²) < 4.78 is 1.60. The molecular formula is C18H20N4O2. The normalized spacial score (nSPS) is 11.4. The van der Waals surface area contributed by atoms with E-state index >= 15 is 0 Å². The van der Waals surface area contributed by atoms with Crippen molar-refractivity contribution in [2.75, 3.05) is 12.4 Å². The quantitative estimate of drug-likeness (QED) is 0.918. The number of anilines is 1. The lowest BCUT2D eigenvalue weighted by Crippen LogP contribution is -2.38. The van der Waals surface area contributed by atoms with E-state index in [4.69, 9.17) is 5.26 Å². The van der Waals surface area contributed by atoms with Crippen molar-refractivity contribution in [3.05, 3.63) is 64.6 Å². The Hall–Kier alpha value is -3.07. The second-order valence-electron chi connectivity index (χ2n) is 5.62. The minimum atomic E-state index is -0.272. The van der Waals surface area contributed by atoms with E-state index in [1.807, 2.05) is 25.1 Å². The van der Waals surface area contributed by atoms with Crippen LogP contribution in [0.15, 0.2) is 53.5 Å². The van der Waals surface area contributed by atoms with Crippen LogP contribution in [0.2, 0.25) is 0 Å². The van der Waals surface area contributed by atoms with Crippen LogP contribution >= 0.6 is 0 Å². The molecule has 1 aromatic carbocycles. The number of rotatable bonds is 5. The van der Waals surface area contributed by atoms with Crippen LogP contribution in [0.1, 0.15) is 18.9 Å². The van der Waals surface area contributed by atoms with E-state index in [9.17, 15) is 9.59 Å². The monoisotopic (exact) mass is 324 g/mol. The second-order valence-corrected chi connectivity index (χ2v) is 5.62. The number of benzene rings is 1. The molecule has 0 aliphatic heterocycles. The van der Waals surface area contributed by atoms with Gasteiger partial charge in [0.1, 0.15) is 0 Å². The van der Waals surface area contributed by atoms with Crippen LogP contribution in [-0.2, 0) is 6.54 Å². The molecule has 0 saturated carbocycles. The van der Waals surface area contributed by atoms with Gasteiger partial charge < -0.3 is 14.8 Å². The molecule has 2 aromatic rings. The number of pyridine rings is 1. The molecule has 0 radical (unpaired) electrons. The van der Waals surface area contributed by atoms with Gasteiger partial charge in [-0.3, -0.25) is 4.79 Å². The van der Waals surface area contributed by atoms with Crippen molar-refractivity contribution in [3.63, 3.8) is 0 Å². The minimum absolute atomic E-state index is 0.0722. The lowest BCUT2D eigenvalue weighted by atomic mass is 10.2. The largest absolute Gasteiger partial charge is 0.324 e. The maximum atomic E-state index is 12.2. The first-order chi connectivity index (χ1) is 11.5. The van der Waals surface area contributed by atoms with Gasteiger partial charge in [0.2, 0.25) is 0 Å². The number of nitrogens with one attached hydrogen (secondary N) is 1. The van der Waals surface area contributed by atoms with Gasteiger partial charge >= 0.3 is 6.03 Å². The summed E-state index contributed by atoms with van der Waals surface area (Å²) in [5, 5.41) is 11.5. The summed E-state index contributed by atoms with van der Waals surface area (Å²) in [5.74, 6) is 0. The van der Waals surface area contributed by atoms with Crippen molar-refractivity contribution < 1.29 is 4.79 Å². The summed E-state index contributed by atoms with van der Waals surface area (Å²) in [4.78, 5) is 25.5. The molecule has 0 fully saturated rings. The van der Waals surface area contributed by atoms with Crippen LogP contribution in [0.3, 0.4) is 0 Å². The fourth-order valence-electron chi connectivity index (χ4n) is 2.22. The molecule has 1 heterocycles. The van der Waals surface area contributed by atoms with Gasteiger partial charge in [0.25, 0.3) is 5.56 Å². The number of nitriles is 1. The standard InChI is InChI=1S/C18H20N4O2/c1-14(9-10-19)21(2)18(24)20-16-7-5-6-15(12-16)13-22-11-4-3-8-17(22)23/h3-8,11-12,14H,9,13H2,1-2H3,(H,20,24)/t14-/m0/s1. The van der Waals surface area contributed by atoms with Crippen molar-refractivity contribution in [1.29, 1.82) is 5.26 Å². The number of aromatic nitrogens is 1. The van der Waals surface area contributed by atoms with Gasteiger partial charge in [-0.2, -0.15) is 5.26 Å². The van der Waals surface area contributed by atoms with E-state index in [1.165, 1.54) is 11.0 Å². The van der Waals surface area contributed by atoms with E-state index in [0.29, 0.717) is 12.2 Å². The lowest BCUT2D eigenvalue weighted by molar-refractivity contribution is 0.208. The molecule has 24 heavy (non-hydrogen) atoms. The van der Waals surface area contributed by atoms with E-state index in [2.05, 4.69) is 11.4 Å². The molecule has 2 amide bonds. The highest BCUT2D eigenvalue weighted by Gasteiger charge is 2.15. The number of carbonyl (C=O) groups is 1. The Morgan fingerprint density at radius 3 is 2.83 bits per heavy atom. The molecule has 1 N–H and O–H groups in total. The summed E-state index contributed by atoms with van der Waals surface area (Å²) >= 11 is 0. The third-order valence-electron chi connectivity index (χ3n) is 3.80. The average molecular weight is 324 g/mol. The summed E-state index contributed by atoms with van der Waals surface area (Å²) in [6, 6.07) is 14.0. The highest BCUT2D eigenvalue weighted by Crippen LogP contribution is 2.13. The number of carbonyl (C=O) groups excluding carboxylic acids is 1. The van der Waals surface area contributed by atoms with Crippen LogP contribution in [0.25, 0.3) is 0 Å². The Balaban J connectivity index is 2.08. The van der Waals surface area contributed by atoms with Crippen molar-refractivity contribution in [1.82, 2.24) is 9.47 Å². The van der Waals surface area contributed by atoms with Gasteiger partial charge in [0.05, 0.1) is 19.0 Å². The third kappa shape index (κ3) is 4.46. The zero-order chi connectivity index (χ0) is 17.5. The number of hydrogen-bond acceptors (Lipinski definition) is 3. The molecule has 124 valence electrons. The summed E-state index contributed by atoms with van der Waals surface area (Å²) in [6.07, 6.45) is 2.01. The lowest BCUT2D eigenvalue weighted by Gasteiger charge is -2.23. The molecule has 0 aliphatic rings. The molecule has 0 spiro atoms. The van der Waals surface area contributed by atoms with Crippen molar-refractivity contribution >= 4 is 11.7 Å². The Kier molecular flexibility index (Phi) is 5.74. The molecule has 0 saturated heterocycles. The van der Waals surface area contributed by atoms with Crippen molar-refractivity contribution in [2.24, 2.45) is 0 Å². The van der Waals surface area contributed by atoms with Gasteiger partial charge in [-0.1, -0.05) is 18.2 Å². The molecule has 6 heteroatoms. The minimum Gasteiger partial charge on any atom is -0.324 e. The molecular weight excluding hydrogens is 304 g/mol. The number of hydrogen-bond donors (Lipinski definition) is 1. The first kappa shape index (κ1) is 17.3. The molecule has 2 rings (SSSR count). The Bertz CT molecular complexity index is 807. The van der Waals surface area contributed by atoms with Crippen molar-refractivity contribution in [2.45, 2.75) is 25.9 Å². The van der Waals surface area contributed by atoms with Gasteiger partial charge in [-0.15, -0.1) is 0 Å². The molecule has 1 atom stereocenters. The summed E-state index contributed by atoms with van der Waals surface area (Å²) in [6.45, 7) is 2.26. The highest BCUT2D eigenvalue weighted by atomic mass is 16.2. The van der Waals surface area contributed by atoms with Gasteiger partial charge in [0, 0.05) is 31.0 Å². The predicted octanol–water partition coefficient (Wildman–Crippen LogP) is 2.66. The maximum Gasteiger partial charge on any atom is 0.321 e. The van der Waals surface area contributed by atoms with Crippen molar-refractivity contribution in [3.8, 4) is 6.07 Å². The smallest absolute Gasteiger partial charge is 0.321 e. The second kappa shape index (κ2) is 7.97. The van der Waals surface area contributed by atoms with Crippen LogP contribution in [-0.4, -0.2) is 28.6 Å². The SMILES string of the molecule is C[C@@H](CC#N)N(C)C(=O)Nc1cccc(Cn2ccccc2=O)c1. The Morgan fingerprint density at radius 2 is 2.12 bits per heavy atom. The summed E-state index contributed by atoms with van der Waals surface area (Å²) in [7, 11) is 1.66. The highest BCUT2D eigenvalue weighted by molar-refractivity contribution is 5.89.